The Balaban J connectivity index is 1.45. The molecular formula is C24H28N2O8. The number of para-hydroxylation sites is 1. The van der Waals surface area contributed by atoms with Crippen LogP contribution in [0.1, 0.15) is 29.8 Å². The van der Waals surface area contributed by atoms with Crippen molar-refractivity contribution in [2.24, 2.45) is 5.92 Å². The van der Waals surface area contributed by atoms with Gasteiger partial charge in [-0.2, -0.15) is 0 Å². The third-order valence-electron chi connectivity index (χ3n) is 6.32. The molecule has 1 aromatic carbocycles. The minimum Gasteiger partial charge on any atom is -0.469 e. The van der Waals surface area contributed by atoms with Gasteiger partial charge in [0.25, 0.3) is 11.9 Å². The van der Waals surface area contributed by atoms with E-state index in [4.69, 9.17) is 23.5 Å². The monoisotopic (exact) mass is 472 g/mol. The largest absolute Gasteiger partial charge is 0.469 e. The molecule has 2 saturated heterocycles. The van der Waals surface area contributed by atoms with E-state index in [9.17, 15) is 14.4 Å². The van der Waals surface area contributed by atoms with Crippen molar-refractivity contribution in [1.82, 2.24) is 9.96 Å². The van der Waals surface area contributed by atoms with Crippen molar-refractivity contribution in [3.8, 4) is 11.7 Å². The van der Waals surface area contributed by atoms with Gasteiger partial charge in [0.1, 0.15) is 5.75 Å². The number of benzene rings is 1. The van der Waals surface area contributed by atoms with E-state index in [1.54, 1.807) is 29.2 Å². The van der Waals surface area contributed by atoms with E-state index in [1.807, 2.05) is 18.2 Å². The summed E-state index contributed by atoms with van der Waals surface area (Å²) in [4.78, 5) is 45.6. The van der Waals surface area contributed by atoms with Crippen LogP contribution in [0, 0.1) is 5.92 Å². The Kier molecular flexibility index (Phi) is 7.18. The summed E-state index contributed by atoms with van der Waals surface area (Å²) in [6, 6.07) is 12.3. The zero-order valence-electron chi connectivity index (χ0n) is 19.2. The number of hydrogen-bond donors (Lipinski definition) is 0. The van der Waals surface area contributed by atoms with Gasteiger partial charge in [-0.25, -0.2) is 5.06 Å². The predicted octanol–water partition coefficient (Wildman–Crippen LogP) is 2.65. The number of nitrogens with zero attached hydrogens (tertiary/aromatic N) is 2. The molecule has 4 rings (SSSR count). The van der Waals surface area contributed by atoms with Crippen LogP contribution in [0.15, 0.2) is 46.9 Å². The second kappa shape index (κ2) is 10.3. The molecular weight excluding hydrogens is 444 g/mol. The normalized spacial score (nSPS) is 19.5. The van der Waals surface area contributed by atoms with Crippen molar-refractivity contribution in [3.63, 3.8) is 0 Å². The fraction of sp³-hybridized carbons (Fsp3) is 0.458. The second-order valence-electron chi connectivity index (χ2n) is 8.22. The molecule has 2 aromatic rings. The van der Waals surface area contributed by atoms with E-state index in [1.165, 1.54) is 19.3 Å². The van der Waals surface area contributed by atoms with Gasteiger partial charge in [-0.3, -0.25) is 19.2 Å². The number of piperidine rings is 1. The summed E-state index contributed by atoms with van der Waals surface area (Å²) in [5, 5.41) is 1.31. The molecule has 182 valence electrons. The molecule has 1 aromatic heterocycles. The molecule has 2 fully saturated rings. The minimum absolute atomic E-state index is 0.00592. The summed E-state index contributed by atoms with van der Waals surface area (Å²) in [5.74, 6) is -0.721. The van der Waals surface area contributed by atoms with Crippen LogP contribution >= 0.6 is 0 Å². The van der Waals surface area contributed by atoms with Crippen molar-refractivity contribution in [1.29, 1.82) is 0 Å². The fourth-order valence-corrected chi connectivity index (χ4v) is 4.59. The van der Waals surface area contributed by atoms with E-state index in [-0.39, 0.29) is 36.5 Å². The first-order valence-corrected chi connectivity index (χ1v) is 11.1. The van der Waals surface area contributed by atoms with Crippen LogP contribution in [0.3, 0.4) is 0 Å². The summed E-state index contributed by atoms with van der Waals surface area (Å²) in [6.07, 6.45) is 0.739. The topological polar surface area (TPSA) is 108 Å². The van der Waals surface area contributed by atoms with Crippen molar-refractivity contribution in [2.45, 2.75) is 24.8 Å². The van der Waals surface area contributed by atoms with Gasteiger partial charge in [0.15, 0.2) is 5.76 Å². The zero-order chi connectivity index (χ0) is 24.1. The summed E-state index contributed by atoms with van der Waals surface area (Å²) in [6.45, 7) is 1.12. The third kappa shape index (κ3) is 4.64. The summed E-state index contributed by atoms with van der Waals surface area (Å²) in [5.41, 5.74) is -0.876. The smallest absolute Gasteiger partial charge is 0.311 e. The molecule has 3 heterocycles. The Bertz CT molecular complexity index is 1010. The lowest BCUT2D eigenvalue weighted by molar-refractivity contribution is -0.226. The molecule has 0 unspecified atom stereocenters. The van der Waals surface area contributed by atoms with Crippen molar-refractivity contribution >= 4 is 17.8 Å². The fourth-order valence-electron chi connectivity index (χ4n) is 4.59. The molecule has 2 aliphatic rings. The maximum absolute atomic E-state index is 13.1. The number of furan rings is 1. The molecule has 0 aliphatic carbocycles. The maximum atomic E-state index is 13.1. The van der Waals surface area contributed by atoms with Crippen LogP contribution in [-0.2, 0) is 23.9 Å². The number of carbonyl (C=O) groups excluding carboxylic acids is 3. The van der Waals surface area contributed by atoms with Crippen LogP contribution in [0.2, 0.25) is 0 Å². The average Bonchev–Trinajstić information content (AvgIpc) is 3.43. The summed E-state index contributed by atoms with van der Waals surface area (Å²) >= 11 is 0. The van der Waals surface area contributed by atoms with E-state index in [0.29, 0.717) is 38.3 Å². The zero-order valence-corrected chi connectivity index (χ0v) is 19.2. The summed E-state index contributed by atoms with van der Waals surface area (Å²) in [7, 11) is 2.84. The number of likely N-dealkylation sites (tertiary alicyclic amines) is 1. The molecule has 2 amide bonds. The first-order valence-electron chi connectivity index (χ1n) is 11.1. The lowest BCUT2D eigenvalue weighted by Crippen LogP contribution is -2.58. The van der Waals surface area contributed by atoms with E-state index >= 15 is 0 Å². The average molecular weight is 472 g/mol. The van der Waals surface area contributed by atoms with E-state index in [2.05, 4.69) is 0 Å². The molecule has 1 atom stereocenters. The van der Waals surface area contributed by atoms with Gasteiger partial charge in [0.05, 0.1) is 31.8 Å². The van der Waals surface area contributed by atoms with Crippen molar-refractivity contribution < 1.29 is 37.8 Å². The first kappa shape index (κ1) is 23.8. The van der Waals surface area contributed by atoms with Crippen molar-refractivity contribution in [3.05, 3.63) is 48.2 Å². The second-order valence-corrected chi connectivity index (χ2v) is 8.22. The Morgan fingerprint density at radius 1 is 1.06 bits per heavy atom. The Hall–Kier alpha value is -3.37. The standard InChI is InChI=1S/C24H28N2O8/c1-30-14-15-32-26-20(27)16-18(23(29)31-2)24(26)10-12-25(13-11-24)22(28)19-8-9-21(34-19)33-17-6-4-3-5-7-17/h3-9,18H,10-16H2,1-2H3/t18-/m0/s1. The molecule has 0 bridgehead atoms. The third-order valence-corrected chi connectivity index (χ3v) is 6.32. The lowest BCUT2D eigenvalue weighted by atomic mass is 9.77. The predicted molar refractivity (Wildman–Crippen MR) is 118 cm³/mol. The Morgan fingerprint density at radius 2 is 1.79 bits per heavy atom. The number of rotatable bonds is 8. The van der Waals surface area contributed by atoms with Gasteiger partial charge in [0.2, 0.25) is 5.91 Å². The molecule has 2 aliphatic heterocycles. The number of amides is 2. The van der Waals surface area contributed by atoms with Crippen LogP contribution in [-0.4, -0.2) is 73.8 Å². The van der Waals surface area contributed by atoms with Crippen LogP contribution in [0.5, 0.6) is 11.7 Å². The number of methoxy groups -OCH3 is 2. The minimum atomic E-state index is -0.876. The highest BCUT2D eigenvalue weighted by atomic mass is 16.7. The Labute approximate surface area is 197 Å². The Morgan fingerprint density at radius 3 is 2.47 bits per heavy atom. The molecule has 34 heavy (non-hydrogen) atoms. The van der Waals surface area contributed by atoms with Crippen LogP contribution < -0.4 is 4.74 Å². The number of hydroxylamine groups is 2. The van der Waals surface area contributed by atoms with Gasteiger partial charge < -0.3 is 23.5 Å². The van der Waals surface area contributed by atoms with Crippen LogP contribution in [0.25, 0.3) is 0 Å². The van der Waals surface area contributed by atoms with E-state index in [0.717, 1.165) is 0 Å². The quantitative estimate of drug-likeness (QED) is 0.426. The molecule has 10 nitrogen and oxygen atoms in total. The van der Waals surface area contributed by atoms with E-state index < -0.39 is 17.4 Å². The van der Waals surface area contributed by atoms with Gasteiger partial charge in [-0.15, -0.1) is 0 Å². The van der Waals surface area contributed by atoms with Gasteiger partial charge in [0, 0.05) is 32.7 Å². The summed E-state index contributed by atoms with van der Waals surface area (Å²) < 4.78 is 21.2. The SMILES string of the molecule is COCCON1C(=O)C[C@@H](C(=O)OC)C12CCN(C(=O)c1ccc(Oc3ccccc3)o1)CC2. The molecule has 10 heteroatoms. The number of ether oxygens (including phenoxy) is 3. The molecule has 1 spiro atoms. The van der Waals surface area contributed by atoms with Crippen molar-refractivity contribution in [2.75, 3.05) is 40.5 Å². The molecule has 0 saturated carbocycles. The lowest BCUT2D eigenvalue weighted by Gasteiger charge is -2.45. The highest BCUT2D eigenvalue weighted by Gasteiger charge is 2.58. The first-order chi connectivity index (χ1) is 16.5. The van der Waals surface area contributed by atoms with Gasteiger partial charge >= 0.3 is 5.97 Å². The highest BCUT2D eigenvalue weighted by Crippen LogP contribution is 2.44. The van der Waals surface area contributed by atoms with Crippen LogP contribution in [0.4, 0.5) is 0 Å². The molecule has 0 radical (unpaired) electrons. The van der Waals surface area contributed by atoms with Gasteiger partial charge in [-0.1, -0.05) is 18.2 Å². The number of hydrogen-bond acceptors (Lipinski definition) is 8. The molecule has 0 N–H and O–H groups in total. The highest BCUT2D eigenvalue weighted by molar-refractivity contribution is 5.92. The number of carbonyl (C=O) groups is 3. The number of esters is 1. The van der Waals surface area contributed by atoms with Gasteiger partial charge in [-0.05, 0) is 31.0 Å². The maximum Gasteiger partial charge on any atom is 0.311 e.